The van der Waals surface area contributed by atoms with Gasteiger partial charge in [-0.25, -0.2) is 0 Å². The summed E-state index contributed by atoms with van der Waals surface area (Å²) in [5, 5.41) is 19.9. The molecule has 3 unspecified atom stereocenters. The van der Waals surface area contributed by atoms with Gasteiger partial charge in [0.2, 0.25) is 0 Å². The fourth-order valence-electron chi connectivity index (χ4n) is 6.52. The number of esters is 1. The van der Waals surface area contributed by atoms with Crippen LogP contribution in [-0.2, 0) is 27.1 Å². The SMILES string of the molecule is C1CCOC1.C=Cc1c(C)cc2c(c1C)C(=O)C(C)(C(=O)OCC)C2.C=Cc1c(C)cc2c(c1C)C(O)C(C)(CO)C2. The topological polar surface area (TPSA) is 93.1 Å². The fraction of sp³-hybridized carbons (Fsp3) is 0.500. The van der Waals surface area contributed by atoms with Crippen molar-refractivity contribution in [2.45, 2.75) is 80.3 Å². The van der Waals surface area contributed by atoms with E-state index in [1.54, 1.807) is 19.9 Å². The number of fused-ring (bicyclic) bond motifs is 2. The summed E-state index contributed by atoms with van der Waals surface area (Å²) in [6, 6.07) is 4.10. The molecule has 6 heteroatoms. The van der Waals surface area contributed by atoms with Gasteiger partial charge in [-0.15, -0.1) is 0 Å². The minimum absolute atomic E-state index is 0.00472. The third kappa shape index (κ3) is 6.17. The Kier molecular flexibility index (Phi) is 10.7. The molecule has 3 atom stereocenters. The van der Waals surface area contributed by atoms with Crippen molar-refractivity contribution in [3.63, 3.8) is 0 Å². The molecule has 228 valence electrons. The molecular formula is C36H48O6. The molecule has 1 aliphatic heterocycles. The average Bonchev–Trinajstić information content (AvgIpc) is 3.66. The van der Waals surface area contributed by atoms with Gasteiger partial charge in [0, 0.05) is 24.2 Å². The molecule has 0 saturated carbocycles. The van der Waals surface area contributed by atoms with Crippen LogP contribution in [0.25, 0.3) is 12.2 Å². The molecule has 0 aromatic heterocycles. The van der Waals surface area contributed by atoms with Crippen molar-refractivity contribution in [2.75, 3.05) is 26.4 Å². The van der Waals surface area contributed by atoms with Crippen molar-refractivity contribution in [3.8, 4) is 0 Å². The Morgan fingerprint density at radius 1 is 1.00 bits per heavy atom. The third-order valence-corrected chi connectivity index (χ3v) is 9.01. The van der Waals surface area contributed by atoms with Gasteiger partial charge in [-0.05, 0) is 117 Å². The largest absolute Gasteiger partial charge is 0.465 e. The molecule has 2 N–H and O–H groups in total. The zero-order chi connectivity index (χ0) is 31.4. The summed E-state index contributed by atoms with van der Waals surface area (Å²) in [5.41, 5.74) is 8.57. The summed E-state index contributed by atoms with van der Waals surface area (Å²) in [6.07, 6.45) is 6.73. The standard InChI is InChI=1S/C17H20O3.C15H20O2.C4H8O/c1-6-13-10(3)8-12-9-17(5,16(19)20-7-2)15(18)14(12)11(13)4;1-5-12-9(2)6-11-7-15(4,8-16)14(17)13(11)10(12)3;1-2-4-5-3-1/h6,8H,1,7,9H2,2-5H3;5-6,14,16-17H,1,7-8H2,2-4H3;1-4H2. The molecule has 0 spiro atoms. The van der Waals surface area contributed by atoms with Gasteiger partial charge >= 0.3 is 5.97 Å². The molecule has 1 heterocycles. The van der Waals surface area contributed by atoms with E-state index < -0.39 is 22.9 Å². The first-order valence-electron chi connectivity index (χ1n) is 14.9. The molecule has 0 radical (unpaired) electrons. The van der Waals surface area contributed by atoms with Gasteiger partial charge in [0.25, 0.3) is 0 Å². The lowest BCUT2D eigenvalue weighted by molar-refractivity contribution is -0.151. The van der Waals surface area contributed by atoms with Crippen molar-refractivity contribution in [1.29, 1.82) is 0 Å². The molecular weight excluding hydrogens is 528 g/mol. The molecule has 2 aromatic carbocycles. The number of Topliss-reactive ketones (excluding diaryl/α,β-unsaturated/α-hetero) is 1. The predicted octanol–water partition coefficient (Wildman–Crippen LogP) is 6.59. The number of ether oxygens (including phenoxy) is 2. The summed E-state index contributed by atoms with van der Waals surface area (Å²) in [4.78, 5) is 24.8. The Morgan fingerprint density at radius 2 is 1.55 bits per heavy atom. The number of carbonyl (C=O) groups is 2. The molecule has 42 heavy (non-hydrogen) atoms. The van der Waals surface area contributed by atoms with E-state index >= 15 is 0 Å². The normalized spacial score (nSPS) is 23.6. The average molecular weight is 577 g/mol. The van der Waals surface area contributed by atoms with Gasteiger partial charge in [0.1, 0.15) is 5.41 Å². The van der Waals surface area contributed by atoms with Crippen LogP contribution in [0.5, 0.6) is 0 Å². The Balaban J connectivity index is 0.000000199. The van der Waals surface area contributed by atoms with E-state index in [0.29, 0.717) is 12.0 Å². The lowest BCUT2D eigenvalue weighted by Gasteiger charge is -2.26. The maximum atomic E-state index is 12.7. The van der Waals surface area contributed by atoms with Crippen molar-refractivity contribution < 1.29 is 29.3 Å². The Labute approximate surface area is 251 Å². The van der Waals surface area contributed by atoms with Crippen LogP contribution < -0.4 is 0 Å². The first-order chi connectivity index (χ1) is 19.8. The van der Waals surface area contributed by atoms with E-state index in [1.807, 2.05) is 39.8 Å². The second-order valence-corrected chi connectivity index (χ2v) is 12.2. The van der Waals surface area contributed by atoms with Crippen LogP contribution in [0.1, 0.15) is 100 Å². The van der Waals surface area contributed by atoms with Crippen molar-refractivity contribution in [1.82, 2.24) is 0 Å². The van der Waals surface area contributed by atoms with Gasteiger partial charge in [-0.2, -0.15) is 0 Å². The highest BCUT2D eigenvalue weighted by atomic mass is 16.5. The summed E-state index contributed by atoms with van der Waals surface area (Å²) < 4.78 is 10.0. The van der Waals surface area contributed by atoms with Crippen molar-refractivity contribution in [3.05, 3.63) is 80.9 Å². The van der Waals surface area contributed by atoms with Gasteiger partial charge in [0.15, 0.2) is 5.78 Å². The molecule has 0 amide bonds. The minimum atomic E-state index is -1.09. The van der Waals surface area contributed by atoms with E-state index in [0.717, 1.165) is 64.1 Å². The van der Waals surface area contributed by atoms with Crippen LogP contribution in [0.2, 0.25) is 0 Å². The molecule has 6 nitrogen and oxygen atoms in total. The number of aryl methyl sites for hydroxylation is 2. The maximum Gasteiger partial charge on any atom is 0.320 e. The van der Waals surface area contributed by atoms with Crippen LogP contribution in [0.4, 0.5) is 0 Å². The van der Waals surface area contributed by atoms with Crippen LogP contribution in [-0.4, -0.2) is 48.4 Å². The molecule has 2 aliphatic carbocycles. The Bertz CT molecular complexity index is 1360. The Morgan fingerprint density at radius 3 is 2.02 bits per heavy atom. The highest BCUT2D eigenvalue weighted by molar-refractivity contribution is 6.16. The van der Waals surface area contributed by atoms with Gasteiger partial charge < -0.3 is 19.7 Å². The number of rotatable bonds is 5. The first kappa shape index (κ1) is 33.4. The Hall–Kier alpha value is -3.06. The zero-order valence-corrected chi connectivity index (χ0v) is 26.5. The number of benzene rings is 2. The monoisotopic (exact) mass is 576 g/mol. The van der Waals surface area contributed by atoms with Crippen LogP contribution in [0.15, 0.2) is 25.3 Å². The summed E-state index contributed by atoms with van der Waals surface area (Å²) >= 11 is 0. The minimum Gasteiger partial charge on any atom is -0.465 e. The lowest BCUT2D eigenvalue weighted by atomic mass is 9.85. The van der Waals surface area contributed by atoms with Gasteiger partial charge in [-0.3, -0.25) is 9.59 Å². The quantitative estimate of drug-likeness (QED) is 0.308. The molecule has 5 rings (SSSR count). The number of carbonyl (C=O) groups excluding carboxylic acids is 2. The number of hydrogen-bond donors (Lipinski definition) is 2. The van der Waals surface area contributed by atoms with E-state index in [9.17, 15) is 19.8 Å². The molecule has 1 saturated heterocycles. The fourth-order valence-corrected chi connectivity index (χ4v) is 6.52. The highest BCUT2D eigenvalue weighted by Gasteiger charge is 2.49. The zero-order valence-electron chi connectivity index (χ0n) is 26.5. The highest BCUT2D eigenvalue weighted by Crippen LogP contribution is 2.48. The molecule has 3 aliphatic rings. The molecule has 2 aromatic rings. The van der Waals surface area contributed by atoms with E-state index in [1.165, 1.54) is 18.4 Å². The van der Waals surface area contributed by atoms with Gasteiger partial charge in [-0.1, -0.05) is 44.4 Å². The number of ketones is 1. The summed E-state index contributed by atoms with van der Waals surface area (Å²) in [5.74, 6) is -0.565. The maximum absolute atomic E-state index is 12.7. The van der Waals surface area contributed by atoms with E-state index in [2.05, 4.69) is 26.1 Å². The van der Waals surface area contributed by atoms with Crippen LogP contribution >= 0.6 is 0 Å². The van der Waals surface area contributed by atoms with E-state index in [4.69, 9.17) is 9.47 Å². The number of aliphatic hydroxyl groups is 2. The number of hydrogen-bond acceptors (Lipinski definition) is 6. The van der Waals surface area contributed by atoms with Crippen molar-refractivity contribution in [2.24, 2.45) is 10.8 Å². The summed E-state index contributed by atoms with van der Waals surface area (Å²) in [7, 11) is 0. The van der Waals surface area contributed by atoms with E-state index in [-0.39, 0.29) is 19.0 Å². The lowest BCUT2D eigenvalue weighted by Crippen LogP contribution is -2.35. The molecule has 0 bridgehead atoms. The second kappa shape index (κ2) is 13.5. The van der Waals surface area contributed by atoms with Crippen molar-refractivity contribution >= 4 is 23.9 Å². The smallest absolute Gasteiger partial charge is 0.320 e. The molecule has 1 fully saturated rings. The third-order valence-electron chi connectivity index (χ3n) is 9.01. The van der Waals surface area contributed by atoms with Gasteiger partial charge in [0.05, 0.1) is 19.3 Å². The summed E-state index contributed by atoms with van der Waals surface area (Å²) in [6.45, 7) is 23.3. The second-order valence-electron chi connectivity index (χ2n) is 12.2. The number of aliphatic hydroxyl groups excluding tert-OH is 2. The predicted molar refractivity (Wildman–Crippen MR) is 169 cm³/mol. The first-order valence-corrected chi connectivity index (χ1v) is 14.9. The van der Waals surface area contributed by atoms with Crippen LogP contribution in [0, 0.1) is 38.5 Å². The van der Waals surface area contributed by atoms with Crippen LogP contribution in [0.3, 0.4) is 0 Å².